The number of aromatic nitrogens is 5. The zero-order valence-corrected chi connectivity index (χ0v) is 23.9. The maximum atomic E-state index is 13.1. The minimum atomic E-state index is -1.22. The lowest BCUT2D eigenvalue weighted by Gasteiger charge is -2.51. The van der Waals surface area contributed by atoms with Gasteiger partial charge in [0.15, 0.2) is 24.0 Å². The number of hydrogen-bond donors (Lipinski definition) is 1. The zero-order valence-electron chi connectivity index (χ0n) is 22.3. The molecule has 0 bridgehead atoms. The second-order valence-corrected chi connectivity index (χ2v) is 10.4. The first-order valence-corrected chi connectivity index (χ1v) is 14.3. The minimum absolute atomic E-state index is 0.110. The van der Waals surface area contributed by atoms with Crippen molar-refractivity contribution in [3.63, 3.8) is 0 Å². The van der Waals surface area contributed by atoms with E-state index in [1.54, 1.807) is 29.7 Å². The summed E-state index contributed by atoms with van der Waals surface area (Å²) in [7, 11) is 0. The van der Waals surface area contributed by atoms with Gasteiger partial charge in [-0.1, -0.05) is 36.1 Å². The highest BCUT2D eigenvalue weighted by Crippen LogP contribution is 2.40. The van der Waals surface area contributed by atoms with Crippen molar-refractivity contribution in [2.75, 3.05) is 25.7 Å². The van der Waals surface area contributed by atoms with Gasteiger partial charge in [-0.3, -0.25) is 9.59 Å². The molecule has 0 spiro atoms. The number of ether oxygens (including phenoxy) is 3. The normalized spacial score (nSPS) is 19.1. The van der Waals surface area contributed by atoms with E-state index >= 15 is 0 Å². The Hall–Kier alpha value is -4.70. The van der Waals surface area contributed by atoms with Gasteiger partial charge in [-0.15, -0.1) is 28.5 Å². The second kappa shape index (κ2) is 13.1. The highest BCUT2D eigenvalue weighted by atomic mass is 35.5. The van der Waals surface area contributed by atoms with Gasteiger partial charge in [-0.25, -0.2) is 23.8 Å². The van der Waals surface area contributed by atoms with Crippen LogP contribution < -0.4 is 15.7 Å². The van der Waals surface area contributed by atoms with Crippen LogP contribution in [0.15, 0.2) is 65.1 Å². The van der Waals surface area contributed by atoms with Gasteiger partial charge in [0.1, 0.15) is 36.7 Å². The fourth-order valence-corrected chi connectivity index (χ4v) is 5.70. The topological polar surface area (TPSA) is 176 Å². The molecule has 3 aromatic rings. The number of amides is 2. The Morgan fingerprint density at radius 1 is 1.16 bits per heavy atom. The van der Waals surface area contributed by atoms with E-state index < -0.39 is 53.5 Å². The maximum Gasteiger partial charge on any atom is 0.361 e. The number of rotatable bonds is 12. The summed E-state index contributed by atoms with van der Waals surface area (Å²) in [4.78, 5) is 69.2. The number of nitrogens with one attached hydrogen (secondary N) is 1. The van der Waals surface area contributed by atoms with E-state index in [2.05, 4.69) is 27.2 Å². The van der Waals surface area contributed by atoms with Crippen LogP contribution in [-0.4, -0.2) is 96.2 Å². The number of aryl methyl sites for hydroxylation is 1. The fourth-order valence-electron chi connectivity index (χ4n) is 4.33. The monoisotopic (exact) mass is 629 g/mol. The summed E-state index contributed by atoms with van der Waals surface area (Å²) in [5, 5.41) is 11.2. The molecular weight excluding hydrogens is 606 g/mol. The Morgan fingerprint density at radius 2 is 1.95 bits per heavy atom. The van der Waals surface area contributed by atoms with Gasteiger partial charge >= 0.3 is 17.6 Å². The van der Waals surface area contributed by atoms with E-state index in [4.69, 9.17) is 25.8 Å². The van der Waals surface area contributed by atoms with Crippen LogP contribution >= 0.6 is 23.4 Å². The van der Waals surface area contributed by atoms with Crippen molar-refractivity contribution in [2.45, 2.75) is 24.0 Å². The van der Waals surface area contributed by atoms with Crippen molar-refractivity contribution in [3.05, 3.63) is 76.5 Å². The molecule has 17 heteroatoms. The molecule has 5 rings (SSSR count). The molecule has 43 heavy (non-hydrogen) atoms. The molecule has 0 aliphatic carbocycles. The van der Waals surface area contributed by atoms with Crippen LogP contribution in [-0.2, 0) is 30.4 Å². The molecule has 1 unspecified atom stereocenters. The van der Waals surface area contributed by atoms with Gasteiger partial charge in [0.05, 0.1) is 6.54 Å². The van der Waals surface area contributed by atoms with E-state index in [0.29, 0.717) is 5.75 Å². The predicted molar refractivity (Wildman–Crippen MR) is 151 cm³/mol. The summed E-state index contributed by atoms with van der Waals surface area (Å²) >= 11 is 6.83. The minimum Gasteiger partial charge on any atom is -0.484 e. The Balaban J connectivity index is 1.27. The number of fused-ring (bicyclic) bond motifs is 2. The van der Waals surface area contributed by atoms with Gasteiger partial charge in [0.2, 0.25) is 5.91 Å². The number of thioether (sulfide) groups is 1. The predicted octanol–water partition coefficient (Wildman–Crippen LogP) is 0.142. The highest BCUT2D eigenvalue weighted by molar-refractivity contribution is 8.03. The summed E-state index contributed by atoms with van der Waals surface area (Å²) in [6.45, 7) is 2.81. The number of esters is 2. The van der Waals surface area contributed by atoms with Gasteiger partial charge in [0.25, 0.3) is 5.91 Å². The summed E-state index contributed by atoms with van der Waals surface area (Å²) in [5.41, 5.74) is -0.726. The second-order valence-electron chi connectivity index (χ2n) is 9.08. The lowest BCUT2D eigenvalue weighted by atomic mass is 9.98. The quantitative estimate of drug-likeness (QED) is 0.124. The average Bonchev–Trinajstić information content (AvgIpc) is 3.46. The van der Waals surface area contributed by atoms with Crippen molar-refractivity contribution in [1.82, 2.24) is 34.6 Å². The molecule has 3 atom stereocenters. The molecule has 224 valence electrons. The lowest BCUT2D eigenvalue weighted by molar-refractivity contribution is -0.163. The van der Waals surface area contributed by atoms with Crippen LogP contribution in [0.4, 0.5) is 0 Å². The van der Waals surface area contributed by atoms with Crippen molar-refractivity contribution in [1.29, 1.82) is 0 Å². The van der Waals surface area contributed by atoms with Crippen LogP contribution in [0.3, 0.4) is 0 Å². The van der Waals surface area contributed by atoms with Gasteiger partial charge < -0.3 is 24.4 Å². The number of imidazole rings is 1. The van der Waals surface area contributed by atoms with Crippen molar-refractivity contribution in [2.24, 2.45) is 0 Å². The Labute approximate surface area is 252 Å². The first-order chi connectivity index (χ1) is 20.8. The molecule has 2 amide bonds. The number of carbonyl (C=O) groups excluding carboxylic acids is 4. The van der Waals surface area contributed by atoms with E-state index in [1.807, 2.05) is 6.07 Å². The summed E-state index contributed by atoms with van der Waals surface area (Å²) in [6, 6.07) is 6.59. The Bertz CT molecular complexity index is 1660. The zero-order chi connectivity index (χ0) is 30.5. The molecule has 0 radical (unpaired) electrons. The third kappa shape index (κ3) is 6.10. The highest BCUT2D eigenvalue weighted by Gasteiger charge is 2.56. The van der Waals surface area contributed by atoms with Crippen LogP contribution in [0.2, 0.25) is 0 Å². The SMILES string of the molecule is C=CCOC(=O)C1C(COC(=O)c2ncn3c(=O)n(CCCl)nnc23)=CS[C@@H]2[C@H](NC(=O)COc3ccccc3)C(=O)N12. The molecule has 2 aliphatic rings. The van der Waals surface area contributed by atoms with E-state index in [-0.39, 0.29) is 42.6 Å². The van der Waals surface area contributed by atoms with Crippen LogP contribution in [0.25, 0.3) is 5.65 Å². The summed E-state index contributed by atoms with van der Waals surface area (Å²) in [5.74, 6) is -2.11. The molecule has 1 aromatic carbocycles. The summed E-state index contributed by atoms with van der Waals surface area (Å²) < 4.78 is 18.1. The van der Waals surface area contributed by atoms with E-state index in [0.717, 1.165) is 15.4 Å². The number of nitrogens with zero attached hydrogens (tertiary/aromatic N) is 6. The molecule has 15 nitrogen and oxygen atoms in total. The molecule has 4 heterocycles. The number of para-hydroxylation sites is 1. The number of alkyl halides is 1. The number of halogens is 1. The van der Waals surface area contributed by atoms with Crippen molar-refractivity contribution >= 4 is 52.8 Å². The lowest BCUT2D eigenvalue weighted by Crippen LogP contribution is -2.74. The van der Waals surface area contributed by atoms with Crippen LogP contribution in [0, 0.1) is 0 Å². The van der Waals surface area contributed by atoms with Gasteiger partial charge in [-0.2, -0.15) is 4.68 Å². The number of β-lactam (4-membered cyclic amide) rings is 1. The van der Waals surface area contributed by atoms with E-state index in [9.17, 15) is 24.0 Å². The smallest absolute Gasteiger partial charge is 0.361 e. The number of carbonyl (C=O) groups is 4. The fraction of sp³-hybridized carbons (Fsp3) is 0.308. The van der Waals surface area contributed by atoms with Crippen molar-refractivity contribution in [3.8, 4) is 5.75 Å². The largest absolute Gasteiger partial charge is 0.484 e. The molecule has 2 aromatic heterocycles. The van der Waals surface area contributed by atoms with Crippen LogP contribution in [0.1, 0.15) is 10.5 Å². The van der Waals surface area contributed by atoms with Crippen molar-refractivity contribution < 1.29 is 33.4 Å². The maximum absolute atomic E-state index is 13.1. The molecule has 2 aliphatic heterocycles. The summed E-state index contributed by atoms with van der Waals surface area (Å²) in [6.07, 6.45) is 2.48. The van der Waals surface area contributed by atoms with Gasteiger partial charge in [-0.05, 0) is 17.5 Å². The third-order valence-electron chi connectivity index (χ3n) is 6.34. The van der Waals surface area contributed by atoms with E-state index in [1.165, 1.54) is 22.7 Å². The first-order valence-electron chi connectivity index (χ1n) is 12.8. The Kier molecular flexibility index (Phi) is 9.06. The van der Waals surface area contributed by atoms with Gasteiger partial charge in [0, 0.05) is 11.5 Å². The first kappa shape index (κ1) is 29.8. The number of hydrogen-bond acceptors (Lipinski definition) is 12. The number of benzene rings is 1. The molecule has 1 N–H and O–H groups in total. The Morgan fingerprint density at radius 3 is 2.70 bits per heavy atom. The molecular formula is C26H24ClN7O8S. The molecule has 0 saturated carbocycles. The third-order valence-corrected chi connectivity index (χ3v) is 7.73. The molecule has 1 fully saturated rings. The molecule has 1 saturated heterocycles. The van der Waals surface area contributed by atoms with Crippen LogP contribution in [0.5, 0.6) is 5.75 Å². The standard InChI is InChI=1S/C26H24ClN7O8S/c1-2-10-40-25(38)20-15(11-42-24(37)18-21-30-31-33(9-8-27)26(39)32(21)14-28-18)13-43-23-19(22(36)34(20)23)29-17(35)12-41-16-6-4-3-5-7-16/h2-7,13-14,19-20,23H,1,8-12H2,(H,29,35)/t19-,20?,23-/m1/s1. The average molecular weight is 630 g/mol.